The molecule has 1 saturated heterocycles. The van der Waals surface area contributed by atoms with Gasteiger partial charge in [-0.05, 0) is 29.7 Å². The lowest BCUT2D eigenvalue weighted by Gasteiger charge is -2.21. The third-order valence-corrected chi connectivity index (χ3v) is 4.51. The van der Waals surface area contributed by atoms with Gasteiger partial charge in [-0.2, -0.15) is 0 Å². The first kappa shape index (κ1) is 15.6. The van der Waals surface area contributed by atoms with Gasteiger partial charge in [0.2, 0.25) is 5.91 Å². The third-order valence-electron chi connectivity index (χ3n) is 4.51. The first-order chi connectivity index (χ1) is 11.2. The predicted molar refractivity (Wildman–Crippen MR) is 90.3 cm³/mol. The second-order valence-corrected chi connectivity index (χ2v) is 5.93. The van der Waals surface area contributed by atoms with Gasteiger partial charge in [0.05, 0.1) is 7.11 Å². The fourth-order valence-corrected chi connectivity index (χ4v) is 3.11. The summed E-state index contributed by atoms with van der Waals surface area (Å²) in [5.74, 6) is 1.23. The topological polar surface area (TPSA) is 55.6 Å². The van der Waals surface area contributed by atoms with Crippen LogP contribution in [0.2, 0.25) is 0 Å². The summed E-state index contributed by atoms with van der Waals surface area (Å²) in [5, 5.41) is 0. The summed E-state index contributed by atoms with van der Waals surface area (Å²) in [5.41, 5.74) is 8.24. The Morgan fingerprint density at radius 3 is 2.52 bits per heavy atom. The standard InChI is InChI=1S/C19H22N2O2/c1-23-17-9-7-14(8-10-17)16-11-12-21(13-16)19(22)18(20)15-5-3-2-4-6-15/h2-10,16,18H,11-13,20H2,1H3. The van der Waals surface area contributed by atoms with Gasteiger partial charge in [-0.3, -0.25) is 4.79 Å². The normalized spacial score (nSPS) is 18.7. The van der Waals surface area contributed by atoms with Crippen LogP contribution in [0.3, 0.4) is 0 Å². The number of hydrogen-bond donors (Lipinski definition) is 1. The Balaban J connectivity index is 1.65. The number of methoxy groups -OCH3 is 1. The van der Waals surface area contributed by atoms with Crippen LogP contribution >= 0.6 is 0 Å². The number of likely N-dealkylation sites (tertiary alicyclic amines) is 1. The highest BCUT2D eigenvalue weighted by molar-refractivity contribution is 5.83. The Labute approximate surface area is 136 Å². The van der Waals surface area contributed by atoms with Crippen LogP contribution in [-0.4, -0.2) is 31.0 Å². The fourth-order valence-electron chi connectivity index (χ4n) is 3.11. The minimum absolute atomic E-state index is 0.00668. The van der Waals surface area contributed by atoms with Gasteiger partial charge in [0.15, 0.2) is 0 Å². The molecule has 1 fully saturated rings. The predicted octanol–water partition coefficient (Wildman–Crippen LogP) is 2.71. The molecule has 2 unspecified atom stereocenters. The molecule has 2 aromatic carbocycles. The molecule has 0 saturated carbocycles. The molecule has 0 spiro atoms. The van der Waals surface area contributed by atoms with Crippen LogP contribution in [0.25, 0.3) is 0 Å². The summed E-state index contributed by atoms with van der Waals surface area (Å²) in [4.78, 5) is 14.5. The van der Waals surface area contributed by atoms with E-state index in [4.69, 9.17) is 10.5 Å². The minimum Gasteiger partial charge on any atom is -0.497 e. The van der Waals surface area contributed by atoms with Crippen molar-refractivity contribution in [2.45, 2.75) is 18.4 Å². The highest BCUT2D eigenvalue weighted by Crippen LogP contribution is 2.29. The van der Waals surface area contributed by atoms with Crippen LogP contribution in [0.15, 0.2) is 54.6 Å². The van der Waals surface area contributed by atoms with E-state index in [0.29, 0.717) is 5.92 Å². The maximum Gasteiger partial charge on any atom is 0.244 e. The van der Waals surface area contributed by atoms with Crippen LogP contribution in [0, 0.1) is 0 Å². The summed E-state index contributed by atoms with van der Waals surface area (Å²) >= 11 is 0. The third kappa shape index (κ3) is 3.37. The number of nitrogens with zero attached hydrogens (tertiary/aromatic N) is 1. The van der Waals surface area contributed by atoms with E-state index in [2.05, 4.69) is 12.1 Å². The monoisotopic (exact) mass is 310 g/mol. The van der Waals surface area contributed by atoms with E-state index in [-0.39, 0.29) is 5.91 Å². The van der Waals surface area contributed by atoms with Gasteiger partial charge in [-0.15, -0.1) is 0 Å². The van der Waals surface area contributed by atoms with Crippen molar-refractivity contribution in [3.05, 3.63) is 65.7 Å². The van der Waals surface area contributed by atoms with Gasteiger partial charge >= 0.3 is 0 Å². The second kappa shape index (κ2) is 6.84. The largest absolute Gasteiger partial charge is 0.497 e. The molecular formula is C19H22N2O2. The van der Waals surface area contributed by atoms with Crippen molar-refractivity contribution in [3.63, 3.8) is 0 Å². The lowest BCUT2D eigenvalue weighted by Crippen LogP contribution is -2.36. The van der Waals surface area contributed by atoms with E-state index in [0.717, 1.165) is 30.8 Å². The molecule has 1 aliphatic heterocycles. The summed E-state index contributed by atoms with van der Waals surface area (Å²) in [6.45, 7) is 1.49. The molecule has 1 aliphatic rings. The Bertz CT molecular complexity index is 655. The zero-order valence-electron chi connectivity index (χ0n) is 13.3. The van der Waals surface area contributed by atoms with Crippen LogP contribution in [0.4, 0.5) is 0 Å². The number of rotatable bonds is 4. The zero-order chi connectivity index (χ0) is 16.2. The number of benzene rings is 2. The molecule has 2 aromatic rings. The van der Waals surface area contributed by atoms with Crippen LogP contribution in [0.1, 0.15) is 29.5 Å². The molecule has 3 rings (SSSR count). The van der Waals surface area contributed by atoms with E-state index >= 15 is 0 Å². The summed E-state index contributed by atoms with van der Waals surface area (Å²) in [6, 6.07) is 17.1. The number of ether oxygens (including phenoxy) is 1. The van der Waals surface area contributed by atoms with Crippen molar-refractivity contribution >= 4 is 5.91 Å². The first-order valence-electron chi connectivity index (χ1n) is 7.92. The number of carbonyl (C=O) groups is 1. The molecule has 0 bridgehead atoms. The molecular weight excluding hydrogens is 288 g/mol. The van der Waals surface area contributed by atoms with Gasteiger partial charge in [0.1, 0.15) is 11.8 Å². The molecule has 0 aromatic heterocycles. The molecule has 1 heterocycles. The minimum atomic E-state index is -0.578. The van der Waals surface area contributed by atoms with E-state index in [1.165, 1.54) is 5.56 Å². The Morgan fingerprint density at radius 2 is 1.87 bits per heavy atom. The van der Waals surface area contributed by atoms with Crippen molar-refractivity contribution in [2.75, 3.05) is 20.2 Å². The SMILES string of the molecule is COc1ccc(C2CCN(C(=O)C(N)c3ccccc3)C2)cc1. The molecule has 0 aliphatic carbocycles. The molecule has 4 heteroatoms. The fraction of sp³-hybridized carbons (Fsp3) is 0.316. The van der Waals surface area contributed by atoms with E-state index in [1.54, 1.807) is 7.11 Å². The molecule has 1 amide bonds. The Morgan fingerprint density at radius 1 is 1.17 bits per heavy atom. The van der Waals surface area contributed by atoms with Gasteiger partial charge < -0.3 is 15.4 Å². The lowest BCUT2D eigenvalue weighted by atomic mass is 9.98. The number of nitrogens with two attached hydrogens (primary N) is 1. The molecule has 120 valence electrons. The number of hydrogen-bond acceptors (Lipinski definition) is 3. The van der Waals surface area contributed by atoms with E-state index in [1.807, 2.05) is 47.4 Å². The van der Waals surface area contributed by atoms with Gasteiger partial charge in [0, 0.05) is 19.0 Å². The van der Waals surface area contributed by atoms with Crippen molar-refractivity contribution in [2.24, 2.45) is 5.73 Å². The average Bonchev–Trinajstić information content (AvgIpc) is 3.11. The van der Waals surface area contributed by atoms with Crippen molar-refractivity contribution < 1.29 is 9.53 Å². The molecule has 0 radical (unpaired) electrons. The zero-order valence-corrected chi connectivity index (χ0v) is 13.3. The first-order valence-corrected chi connectivity index (χ1v) is 7.92. The maximum atomic E-state index is 12.6. The van der Waals surface area contributed by atoms with E-state index in [9.17, 15) is 4.79 Å². The van der Waals surface area contributed by atoms with Gasteiger partial charge in [-0.25, -0.2) is 0 Å². The van der Waals surface area contributed by atoms with Crippen molar-refractivity contribution in [1.82, 2.24) is 4.90 Å². The van der Waals surface area contributed by atoms with Crippen molar-refractivity contribution in [3.8, 4) is 5.75 Å². The smallest absolute Gasteiger partial charge is 0.244 e. The van der Waals surface area contributed by atoms with Gasteiger partial charge in [-0.1, -0.05) is 42.5 Å². The molecule has 2 atom stereocenters. The highest BCUT2D eigenvalue weighted by Gasteiger charge is 2.30. The quantitative estimate of drug-likeness (QED) is 0.944. The molecule has 23 heavy (non-hydrogen) atoms. The number of amides is 1. The van der Waals surface area contributed by atoms with Gasteiger partial charge in [0.25, 0.3) is 0 Å². The second-order valence-electron chi connectivity index (χ2n) is 5.93. The van der Waals surface area contributed by atoms with Crippen LogP contribution in [0.5, 0.6) is 5.75 Å². The number of carbonyl (C=O) groups excluding carboxylic acids is 1. The lowest BCUT2D eigenvalue weighted by molar-refractivity contribution is -0.131. The van der Waals surface area contributed by atoms with Crippen LogP contribution < -0.4 is 10.5 Å². The Hall–Kier alpha value is -2.33. The van der Waals surface area contributed by atoms with Crippen LogP contribution in [-0.2, 0) is 4.79 Å². The summed E-state index contributed by atoms with van der Waals surface area (Å²) in [6.07, 6.45) is 0.972. The average molecular weight is 310 g/mol. The molecule has 4 nitrogen and oxygen atoms in total. The molecule has 2 N–H and O–H groups in total. The van der Waals surface area contributed by atoms with Crippen molar-refractivity contribution in [1.29, 1.82) is 0 Å². The summed E-state index contributed by atoms with van der Waals surface area (Å²) in [7, 11) is 1.66. The maximum absolute atomic E-state index is 12.6. The summed E-state index contributed by atoms with van der Waals surface area (Å²) < 4.78 is 5.19. The van der Waals surface area contributed by atoms with E-state index < -0.39 is 6.04 Å². The Kier molecular flexibility index (Phi) is 4.63. The highest BCUT2D eigenvalue weighted by atomic mass is 16.5.